The molecule has 2 atom stereocenters. The number of carbonyl (C=O) groups is 1. The third-order valence-corrected chi connectivity index (χ3v) is 3.02. The molecule has 1 amide bonds. The van der Waals surface area contributed by atoms with Crippen LogP contribution in [-0.2, 0) is 11.2 Å². The van der Waals surface area contributed by atoms with E-state index in [2.05, 4.69) is 31.3 Å². The number of benzene rings is 1. The van der Waals surface area contributed by atoms with Gasteiger partial charge in [-0.25, -0.2) is 0 Å². The second-order valence-electron chi connectivity index (χ2n) is 5.44. The Morgan fingerprint density at radius 3 is 2.35 bits per heavy atom. The minimum atomic E-state index is -0.305. The van der Waals surface area contributed by atoms with Crippen LogP contribution < -0.4 is 16.8 Å². The molecule has 0 bridgehead atoms. The molecule has 0 aromatic heterocycles. The van der Waals surface area contributed by atoms with Gasteiger partial charge in [0.15, 0.2) is 0 Å². The number of nitrogens with one attached hydrogen (secondary N) is 1. The molecule has 0 fully saturated rings. The zero-order valence-corrected chi connectivity index (χ0v) is 13.0. The standard InChI is InChI=1S/C15H25N3O.ClH/c1-11(2)8-14(15(17)19)18-10-13(16)9-12-6-4-3-5-7-12;/h3-7,11,13-14,18H,8-10,16H2,1-2H3,(H2,17,19);1H/t13-,14-;/m1./s1. The van der Waals surface area contributed by atoms with Gasteiger partial charge in [0, 0.05) is 12.6 Å². The topological polar surface area (TPSA) is 81.1 Å². The molecule has 1 rings (SSSR count). The highest BCUT2D eigenvalue weighted by molar-refractivity contribution is 5.85. The van der Waals surface area contributed by atoms with Crippen molar-refractivity contribution in [1.82, 2.24) is 5.32 Å². The van der Waals surface area contributed by atoms with Crippen LogP contribution in [0.25, 0.3) is 0 Å². The summed E-state index contributed by atoms with van der Waals surface area (Å²) in [5.41, 5.74) is 12.7. The monoisotopic (exact) mass is 299 g/mol. The summed E-state index contributed by atoms with van der Waals surface area (Å²) in [4.78, 5) is 11.3. The van der Waals surface area contributed by atoms with Gasteiger partial charge in [0.2, 0.25) is 5.91 Å². The molecule has 1 aromatic rings. The van der Waals surface area contributed by atoms with E-state index in [-0.39, 0.29) is 30.4 Å². The van der Waals surface area contributed by atoms with E-state index < -0.39 is 0 Å². The number of hydrogen-bond donors (Lipinski definition) is 3. The first kappa shape index (κ1) is 18.9. The van der Waals surface area contributed by atoms with E-state index in [4.69, 9.17) is 11.5 Å². The fourth-order valence-corrected chi connectivity index (χ4v) is 2.05. The summed E-state index contributed by atoms with van der Waals surface area (Å²) in [7, 11) is 0. The van der Waals surface area contributed by atoms with E-state index in [9.17, 15) is 4.79 Å². The van der Waals surface area contributed by atoms with Gasteiger partial charge in [0.05, 0.1) is 6.04 Å². The highest BCUT2D eigenvalue weighted by atomic mass is 35.5. The molecule has 0 aliphatic rings. The van der Waals surface area contributed by atoms with E-state index in [0.717, 1.165) is 12.8 Å². The van der Waals surface area contributed by atoms with Crippen LogP contribution in [0.5, 0.6) is 0 Å². The molecule has 5 N–H and O–H groups in total. The van der Waals surface area contributed by atoms with E-state index in [0.29, 0.717) is 12.5 Å². The Balaban J connectivity index is 0.00000361. The molecule has 0 unspecified atom stereocenters. The van der Waals surface area contributed by atoms with Crippen molar-refractivity contribution in [2.45, 2.75) is 38.8 Å². The van der Waals surface area contributed by atoms with Crippen molar-refractivity contribution < 1.29 is 4.79 Å². The van der Waals surface area contributed by atoms with Gasteiger partial charge in [0.25, 0.3) is 0 Å². The predicted molar refractivity (Wildman–Crippen MR) is 85.8 cm³/mol. The van der Waals surface area contributed by atoms with Gasteiger partial charge >= 0.3 is 0 Å². The van der Waals surface area contributed by atoms with Crippen LogP contribution in [0.1, 0.15) is 25.8 Å². The van der Waals surface area contributed by atoms with Crippen molar-refractivity contribution in [1.29, 1.82) is 0 Å². The third kappa shape index (κ3) is 7.48. The molecule has 114 valence electrons. The molecule has 5 heteroatoms. The lowest BCUT2D eigenvalue weighted by atomic mass is 10.0. The first-order chi connectivity index (χ1) is 8.99. The van der Waals surface area contributed by atoms with Crippen molar-refractivity contribution in [3.8, 4) is 0 Å². The maximum Gasteiger partial charge on any atom is 0.234 e. The molecule has 0 spiro atoms. The van der Waals surface area contributed by atoms with Gasteiger partial charge in [-0.3, -0.25) is 4.79 Å². The lowest BCUT2D eigenvalue weighted by Crippen LogP contribution is -2.47. The zero-order valence-electron chi connectivity index (χ0n) is 12.2. The Hall–Kier alpha value is -1.10. The smallest absolute Gasteiger partial charge is 0.234 e. The van der Waals surface area contributed by atoms with Crippen LogP contribution in [0.2, 0.25) is 0 Å². The minimum Gasteiger partial charge on any atom is -0.368 e. The van der Waals surface area contributed by atoms with Crippen LogP contribution in [0.4, 0.5) is 0 Å². The van der Waals surface area contributed by atoms with Gasteiger partial charge in [-0.2, -0.15) is 0 Å². The van der Waals surface area contributed by atoms with E-state index in [1.54, 1.807) is 0 Å². The summed E-state index contributed by atoms with van der Waals surface area (Å²) in [6.45, 7) is 4.73. The van der Waals surface area contributed by atoms with Gasteiger partial charge < -0.3 is 16.8 Å². The van der Waals surface area contributed by atoms with Gasteiger partial charge in [-0.05, 0) is 24.3 Å². The summed E-state index contributed by atoms with van der Waals surface area (Å²) in [6.07, 6.45) is 1.54. The van der Waals surface area contributed by atoms with E-state index in [1.807, 2.05) is 18.2 Å². The SMILES string of the molecule is CC(C)C[C@@H](NC[C@H](N)Cc1ccccc1)C(N)=O.Cl. The van der Waals surface area contributed by atoms with Crippen LogP contribution in [-0.4, -0.2) is 24.5 Å². The van der Waals surface area contributed by atoms with Crippen molar-refractivity contribution in [3.63, 3.8) is 0 Å². The largest absolute Gasteiger partial charge is 0.368 e. The maximum atomic E-state index is 11.3. The first-order valence-corrected chi connectivity index (χ1v) is 6.81. The molecule has 4 nitrogen and oxygen atoms in total. The van der Waals surface area contributed by atoms with Crippen molar-refractivity contribution in [2.24, 2.45) is 17.4 Å². The van der Waals surface area contributed by atoms with Crippen molar-refractivity contribution in [2.75, 3.05) is 6.54 Å². The first-order valence-electron chi connectivity index (χ1n) is 6.81. The normalized spacial score (nSPS) is 13.6. The summed E-state index contributed by atoms with van der Waals surface area (Å²) in [5, 5.41) is 3.17. The van der Waals surface area contributed by atoms with Gasteiger partial charge in [-0.15, -0.1) is 12.4 Å². The second kappa shape index (κ2) is 9.75. The Kier molecular flexibility index (Phi) is 9.21. The highest BCUT2D eigenvalue weighted by Gasteiger charge is 2.17. The Morgan fingerprint density at radius 1 is 1.25 bits per heavy atom. The number of hydrogen-bond acceptors (Lipinski definition) is 3. The third-order valence-electron chi connectivity index (χ3n) is 3.02. The van der Waals surface area contributed by atoms with E-state index in [1.165, 1.54) is 5.56 Å². The summed E-state index contributed by atoms with van der Waals surface area (Å²) < 4.78 is 0. The summed E-state index contributed by atoms with van der Waals surface area (Å²) >= 11 is 0. The Bertz CT molecular complexity index is 384. The Morgan fingerprint density at radius 2 is 1.85 bits per heavy atom. The van der Waals surface area contributed by atoms with Crippen LogP contribution in [0, 0.1) is 5.92 Å². The molecule has 20 heavy (non-hydrogen) atoms. The maximum absolute atomic E-state index is 11.3. The second-order valence-corrected chi connectivity index (χ2v) is 5.44. The molecule has 0 saturated heterocycles. The fourth-order valence-electron chi connectivity index (χ4n) is 2.05. The number of halogens is 1. The van der Waals surface area contributed by atoms with Crippen LogP contribution in [0.15, 0.2) is 30.3 Å². The average Bonchev–Trinajstić information content (AvgIpc) is 2.35. The molecular weight excluding hydrogens is 274 g/mol. The zero-order chi connectivity index (χ0) is 14.3. The highest BCUT2D eigenvalue weighted by Crippen LogP contribution is 2.05. The number of nitrogens with two attached hydrogens (primary N) is 2. The summed E-state index contributed by atoms with van der Waals surface area (Å²) in [6, 6.07) is 9.79. The van der Waals surface area contributed by atoms with Crippen LogP contribution >= 0.6 is 12.4 Å². The Labute approximate surface area is 127 Å². The lowest BCUT2D eigenvalue weighted by molar-refractivity contribution is -0.120. The predicted octanol–water partition coefficient (Wildman–Crippen LogP) is 1.47. The molecule has 0 saturated carbocycles. The fraction of sp³-hybridized carbons (Fsp3) is 0.533. The molecule has 0 heterocycles. The lowest BCUT2D eigenvalue weighted by Gasteiger charge is -2.20. The minimum absolute atomic E-state index is 0. The van der Waals surface area contributed by atoms with E-state index >= 15 is 0 Å². The van der Waals surface area contributed by atoms with Crippen LogP contribution in [0.3, 0.4) is 0 Å². The number of rotatable bonds is 8. The van der Waals surface area contributed by atoms with Gasteiger partial charge in [-0.1, -0.05) is 44.2 Å². The van der Waals surface area contributed by atoms with Gasteiger partial charge in [0.1, 0.15) is 0 Å². The van der Waals surface area contributed by atoms with Crippen molar-refractivity contribution in [3.05, 3.63) is 35.9 Å². The molecule has 1 aromatic carbocycles. The molecule has 0 aliphatic heterocycles. The molecule has 0 radical (unpaired) electrons. The molecular formula is C15H26ClN3O. The number of primary amides is 1. The van der Waals surface area contributed by atoms with Crippen molar-refractivity contribution >= 4 is 18.3 Å². The molecule has 0 aliphatic carbocycles. The number of amides is 1. The summed E-state index contributed by atoms with van der Waals surface area (Å²) in [5.74, 6) is 0.121. The number of carbonyl (C=O) groups excluding carboxylic acids is 1. The average molecular weight is 300 g/mol. The quantitative estimate of drug-likeness (QED) is 0.680.